The molecule has 0 atom stereocenters. The molecule has 2 saturated carbocycles. The molecule has 0 bridgehead atoms. The van der Waals surface area contributed by atoms with Gasteiger partial charge in [0.15, 0.2) is 9.56 Å². The zero-order valence-corrected chi connectivity index (χ0v) is 14.5. The van der Waals surface area contributed by atoms with Crippen LogP contribution in [0.4, 0.5) is 0 Å². The van der Waals surface area contributed by atoms with Crippen LogP contribution in [0.25, 0.3) is 21.6 Å². The van der Waals surface area contributed by atoms with Gasteiger partial charge in [-0.2, -0.15) is 5.10 Å². The Bertz CT molecular complexity index is 891. The van der Waals surface area contributed by atoms with E-state index in [0.717, 1.165) is 20.1 Å². The summed E-state index contributed by atoms with van der Waals surface area (Å²) in [6.07, 6.45) is 4.95. The lowest BCUT2D eigenvalue weighted by atomic mass is 10.1. The SMILES string of the molecule is Cn1nc(C2CC2)c2c(-c3nnc(Br)s3)cc(C3CC3)nc21. The van der Waals surface area contributed by atoms with Crippen molar-refractivity contribution in [2.45, 2.75) is 37.5 Å². The maximum absolute atomic E-state index is 4.91. The zero-order valence-electron chi connectivity index (χ0n) is 12.1. The van der Waals surface area contributed by atoms with E-state index >= 15 is 0 Å². The fraction of sp³-hybridized carbons (Fsp3) is 0.467. The number of fused-ring (bicyclic) bond motifs is 1. The van der Waals surface area contributed by atoms with Gasteiger partial charge in [-0.3, -0.25) is 4.68 Å². The zero-order chi connectivity index (χ0) is 14.8. The first-order valence-electron chi connectivity index (χ1n) is 7.57. The maximum Gasteiger partial charge on any atom is 0.183 e. The second-order valence-electron chi connectivity index (χ2n) is 6.21. The van der Waals surface area contributed by atoms with E-state index in [2.05, 4.69) is 32.2 Å². The summed E-state index contributed by atoms with van der Waals surface area (Å²) in [5, 5.41) is 15.4. The second kappa shape index (κ2) is 4.58. The van der Waals surface area contributed by atoms with Gasteiger partial charge in [0.1, 0.15) is 5.01 Å². The molecule has 0 spiro atoms. The summed E-state index contributed by atoms with van der Waals surface area (Å²) in [6, 6.07) is 2.22. The van der Waals surface area contributed by atoms with Crippen LogP contribution in [-0.2, 0) is 7.05 Å². The molecule has 7 heteroatoms. The molecule has 5 rings (SSSR count). The Kier molecular flexibility index (Phi) is 2.73. The highest BCUT2D eigenvalue weighted by atomic mass is 79.9. The van der Waals surface area contributed by atoms with E-state index in [1.165, 1.54) is 42.5 Å². The third-order valence-electron chi connectivity index (χ3n) is 4.43. The summed E-state index contributed by atoms with van der Waals surface area (Å²) in [7, 11) is 2.00. The summed E-state index contributed by atoms with van der Waals surface area (Å²) < 4.78 is 2.76. The topological polar surface area (TPSA) is 56.5 Å². The van der Waals surface area contributed by atoms with Crippen LogP contribution in [0.3, 0.4) is 0 Å². The van der Waals surface area contributed by atoms with E-state index in [0.29, 0.717) is 11.8 Å². The molecule has 3 heterocycles. The molecular weight excluding hydrogens is 362 g/mol. The van der Waals surface area contributed by atoms with Gasteiger partial charge in [0.25, 0.3) is 0 Å². The van der Waals surface area contributed by atoms with E-state index in [4.69, 9.17) is 10.1 Å². The Morgan fingerprint density at radius 3 is 2.59 bits per heavy atom. The largest absolute Gasteiger partial charge is 0.250 e. The molecule has 2 aliphatic rings. The van der Waals surface area contributed by atoms with Gasteiger partial charge >= 0.3 is 0 Å². The molecule has 2 aliphatic carbocycles. The Morgan fingerprint density at radius 1 is 1.18 bits per heavy atom. The Hall–Kier alpha value is -1.34. The molecule has 112 valence electrons. The first kappa shape index (κ1) is 13.1. The number of aromatic nitrogens is 5. The first-order valence-corrected chi connectivity index (χ1v) is 9.18. The maximum atomic E-state index is 4.91. The lowest BCUT2D eigenvalue weighted by Gasteiger charge is -2.05. The van der Waals surface area contributed by atoms with Gasteiger partial charge in [-0.15, -0.1) is 10.2 Å². The van der Waals surface area contributed by atoms with Gasteiger partial charge in [-0.1, -0.05) is 11.3 Å². The van der Waals surface area contributed by atoms with Crippen LogP contribution in [0, 0.1) is 0 Å². The van der Waals surface area contributed by atoms with Crippen molar-refractivity contribution in [3.8, 4) is 10.6 Å². The van der Waals surface area contributed by atoms with Gasteiger partial charge < -0.3 is 0 Å². The van der Waals surface area contributed by atoms with E-state index in [-0.39, 0.29) is 0 Å². The molecule has 5 nitrogen and oxygen atoms in total. The van der Waals surface area contributed by atoms with Crippen LogP contribution in [-0.4, -0.2) is 25.0 Å². The van der Waals surface area contributed by atoms with E-state index in [1.807, 2.05) is 11.7 Å². The van der Waals surface area contributed by atoms with Crippen LogP contribution in [0.1, 0.15) is 48.9 Å². The minimum atomic E-state index is 0.590. The van der Waals surface area contributed by atoms with Crippen molar-refractivity contribution in [2.75, 3.05) is 0 Å². The monoisotopic (exact) mass is 375 g/mol. The molecule has 0 amide bonds. The first-order chi connectivity index (χ1) is 10.7. The van der Waals surface area contributed by atoms with E-state index in [9.17, 15) is 0 Å². The number of hydrogen-bond donors (Lipinski definition) is 0. The van der Waals surface area contributed by atoms with Crippen LogP contribution < -0.4 is 0 Å². The Morgan fingerprint density at radius 2 is 1.95 bits per heavy atom. The summed E-state index contributed by atoms with van der Waals surface area (Å²) >= 11 is 5.00. The number of rotatable bonds is 3. The molecule has 0 aliphatic heterocycles. The van der Waals surface area contributed by atoms with Crippen molar-refractivity contribution in [3.05, 3.63) is 21.4 Å². The normalized spacial score (nSPS) is 18.3. The summed E-state index contributed by atoms with van der Waals surface area (Å²) in [4.78, 5) is 4.91. The number of pyridine rings is 1. The lowest BCUT2D eigenvalue weighted by Crippen LogP contribution is -1.96. The quantitative estimate of drug-likeness (QED) is 0.693. The molecule has 3 aromatic heterocycles. The van der Waals surface area contributed by atoms with Crippen LogP contribution in [0.5, 0.6) is 0 Å². The van der Waals surface area contributed by atoms with Crippen molar-refractivity contribution < 1.29 is 0 Å². The second-order valence-corrected chi connectivity index (χ2v) is 8.46. The fourth-order valence-electron chi connectivity index (χ4n) is 3.01. The van der Waals surface area contributed by atoms with E-state index in [1.54, 1.807) is 11.3 Å². The molecule has 3 aromatic rings. The van der Waals surface area contributed by atoms with Crippen molar-refractivity contribution in [2.24, 2.45) is 7.05 Å². The highest BCUT2D eigenvalue weighted by Gasteiger charge is 2.33. The highest BCUT2D eigenvalue weighted by molar-refractivity contribution is 9.11. The molecule has 22 heavy (non-hydrogen) atoms. The number of hydrogen-bond acceptors (Lipinski definition) is 5. The molecule has 0 radical (unpaired) electrons. The number of halogens is 1. The van der Waals surface area contributed by atoms with Crippen LogP contribution >= 0.6 is 27.3 Å². The summed E-state index contributed by atoms with van der Waals surface area (Å²) in [6.45, 7) is 0. The Labute approximate surface area is 139 Å². The predicted octanol–water partition coefficient (Wildman–Crippen LogP) is 4.00. The van der Waals surface area contributed by atoms with Gasteiger partial charge in [-0.25, -0.2) is 4.98 Å². The summed E-state index contributed by atoms with van der Waals surface area (Å²) in [5.74, 6) is 1.20. The minimum absolute atomic E-state index is 0.590. The van der Waals surface area contributed by atoms with Crippen molar-refractivity contribution in [3.63, 3.8) is 0 Å². The molecule has 0 saturated heterocycles. The van der Waals surface area contributed by atoms with Gasteiger partial charge in [0.2, 0.25) is 0 Å². The highest BCUT2D eigenvalue weighted by Crippen LogP contribution is 2.47. The third-order valence-corrected chi connectivity index (χ3v) is 5.82. The average molecular weight is 376 g/mol. The van der Waals surface area contributed by atoms with Crippen molar-refractivity contribution >= 4 is 38.3 Å². The van der Waals surface area contributed by atoms with E-state index < -0.39 is 0 Å². The number of nitrogens with zero attached hydrogens (tertiary/aromatic N) is 5. The summed E-state index contributed by atoms with van der Waals surface area (Å²) in [5.41, 5.74) is 4.52. The molecule has 2 fully saturated rings. The van der Waals surface area contributed by atoms with Crippen molar-refractivity contribution in [1.82, 2.24) is 25.0 Å². The third kappa shape index (κ3) is 2.02. The fourth-order valence-corrected chi connectivity index (χ4v) is 4.14. The van der Waals surface area contributed by atoms with Crippen molar-refractivity contribution in [1.29, 1.82) is 0 Å². The predicted molar refractivity (Wildman–Crippen MR) is 89.1 cm³/mol. The lowest BCUT2D eigenvalue weighted by molar-refractivity contribution is 0.757. The smallest absolute Gasteiger partial charge is 0.183 e. The average Bonchev–Trinajstić information content (AvgIpc) is 3.42. The molecule has 0 N–H and O–H groups in total. The van der Waals surface area contributed by atoms with Crippen LogP contribution in [0.2, 0.25) is 0 Å². The standard InChI is InChI=1S/C15H14BrN5S/c1-21-13-11(12(20-21)8-4-5-8)9(14-18-19-15(16)22-14)6-10(17-13)7-2-3-7/h6-8H,2-5H2,1H3. The minimum Gasteiger partial charge on any atom is -0.250 e. The Balaban J connectivity index is 1.83. The molecule has 0 unspecified atom stereocenters. The van der Waals surface area contributed by atoms with Crippen LogP contribution in [0.15, 0.2) is 9.98 Å². The van der Waals surface area contributed by atoms with Gasteiger partial charge in [0, 0.05) is 30.1 Å². The molecular formula is C15H14BrN5S. The number of aryl methyl sites for hydroxylation is 1. The molecule has 0 aromatic carbocycles. The van der Waals surface area contributed by atoms with Gasteiger partial charge in [0.05, 0.1) is 11.1 Å². The van der Waals surface area contributed by atoms with Gasteiger partial charge in [-0.05, 0) is 47.7 Å².